The summed E-state index contributed by atoms with van der Waals surface area (Å²) in [5, 5.41) is 9.96. The summed E-state index contributed by atoms with van der Waals surface area (Å²) in [6.07, 6.45) is 2.49. The number of rotatable bonds is 3. The van der Waals surface area contributed by atoms with Crippen molar-refractivity contribution in [2.75, 3.05) is 0 Å². The lowest BCUT2D eigenvalue weighted by Crippen LogP contribution is -2.46. The molecule has 170 valence electrons. The van der Waals surface area contributed by atoms with Gasteiger partial charge in [0, 0.05) is 23.2 Å². The maximum Gasteiger partial charge on any atom is 0.306 e. The largest absolute Gasteiger partial charge is 0.481 e. The maximum absolute atomic E-state index is 13.3. The van der Waals surface area contributed by atoms with Gasteiger partial charge in [-0.05, 0) is 68.8 Å². The Hall–Kier alpha value is -2.09. The van der Waals surface area contributed by atoms with Crippen molar-refractivity contribution in [3.8, 4) is 0 Å². The number of carbonyl (C=O) groups is 2. The van der Waals surface area contributed by atoms with Crippen molar-refractivity contribution in [1.82, 2.24) is 14.5 Å². The molecule has 7 nitrogen and oxygen atoms in total. The number of benzene rings is 1. The molecule has 1 amide bonds. The van der Waals surface area contributed by atoms with Crippen molar-refractivity contribution in [3.05, 3.63) is 60.7 Å². The zero-order valence-corrected chi connectivity index (χ0v) is 19.6. The fraction of sp³-hybridized carbons (Fsp3) is 0.455. The van der Waals surface area contributed by atoms with Gasteiger partial charge in [0.05, 0.1) is 28.2 Å². The number of aromatic nitrogens is 2. The van der Waals surface area contributed by atoms with E-state index in [4.69, 9.17) is 34.8 Å². The van der Waals surface area contributed by atoms with Crippen LogP contribution in [0.15, 0.2) is 23.0 Å². The van der Waals surface area contributed by atoms with E-state index in [2.05, 4.69) is 4.98 Å². The van der Waals surface area contributed by atoms with Gasteiger partial charge >= 0.3 is 5.97 Å². The third kappa shape index (κ3) is 4.26. The van der Waals surface area contributed by atoms with Gasteiger partial charge in [0.2, 0.25) is 5.28 Å². The first kappa shape index (κ1) is 23.1. The molecule has 1 aromatic carbocycles. The van der Waals surface area contributed by atoms with Crippen molar-refractivity contribution >= 4 is 46.7 Å². The van der Waals surface area contributed by atoms with Gasteiger partial charge in [-0.1, -0.05) is 23.2 Å². The van der Waals surface area contributed by atoms with E-state index in [9.17, 15) is 19.5 Å². The molecule has 1 atom stereocenters. The monoisotopic (exact) mass is 497 g/mol. The van der Waals surface area contributed by atoms with Crippen LogP contribution in [-0.2, 0) is 17.8 Å². The number of fused-ring (bicyclic) bond motifs is 1. The Morgan fingerprint density at radius 1 is 1.09 bits per heavy atom. The standard InChI is InChI=1S/C22H22Cl3N3O4/c1-11-8-15-18(10-27(11)19(29)13-4-7-16(23)17(24)9-13)26-22(25)28(20(15)30)14-5-2-12(3-6-14)21(31)32/h4,7,9,11-12,14H,2-3,5-6,8,10H2,1H3,(H,31,32). The topological polar surface area (TPSA) is 92.5 Å². The normalized spacial score (nSPS) is 23.0. The van der Waals surface area contributed by atoms with Gasteiger partial charge < -0.3 is 10.0 Å². The molecule has 2 aromatic rings. The molecule has 2 aliphatic rings. The molecule has 2 heterocycles. The average molecular weight is 499 g/mol. The second kappa shape index (κ2) is 9.04. The van der Waals surface area contributed by atoms with Gasteiger partial charge in [-0.3, -0.25) is 19.0 Å². The average Bonchev–Trinajstić information content (AvgIpc) is 2.76. The predicted molar refractivity (Wildman–Crippen MR) is 122 cm³/mol. The minimum Gasteiger partial charge on any atom is -0.481 e. The van der Waals surface area contributed by atoms with Crippen LogP contribution in [0.5, 0.6) is 0 Å². The molecular formula is C22H22Cl3N3O4. The minimum absolute atomic E-state index is 0.0732. The maximum atomic E-state index is 13.3. The first-order chi connectivity index (χ1) is 15.2. The molecule has 1 N–H and O–H groups in total. The zero-order valence-electron chi connectivity index (χ0n) is 17.4. The quantitative estimate of drug-likeness (QED) is 0.624. The molecular weight excluding hydrogens is 477 g/mol. The van der Waals surface area contributed by atoms with E-state index in [1.54, 1.807) is 17.0 Å². The van der Waals surface area contributed by atoms with Crippen LogP contribution in [0.1, 0.15) is 60.3 Å². The molecule has 0 saturated heterocycles. The number of amides is 1. The van der Waals surface area contributed by atoms with E-state index >= 15 is 0 Å². The molecule has 32 heavy (non-hydrogen) atoms. The van der Waals surface area contributed by atoms with Crippen LogP contribution in [-0.4, -0.2) is 37.5 Å². The summed E-state index contributed by atoms with van der Waals surface area (Å²) in [5.74, 6) is -1.41. The number of carbonyl (C=O) groups excluding carboxylic acids is 1. The van der Waals surface area contributed by atoms with Crippen LogP contribution in [0.25, 0.3) is 0 Å². The SMILES string of the molecule is CC1Cc2c(nc(Cl)n(C3CCC(C(=O)O)CC3)c2=O)CN1C(=O)c1ccc(Cl)c(Cl)c1. The number of carboxylic acid groups (broad SMARTS) is 1. The summed E-state index contributed by atoms with van der Waals surface area (Å²) in [7, 11) is 0. The van der Waals surface area contributed by atoms with Gasteiger partial charge in [-0.2, -0.15) is 0 Å². The van der Waals surface area contributed by atoms with Crippen molar-refractivity contribution in [2.24, 2.45) is 5.92 Å². The summed E-state index contributed by atoms with van der Waals surface area (Å²) in [5.41, 5.74) is 1.25. The van der Waals surface area contributed by atoms with Crippen LogP contribution in [0.3, 0.4) is 0 Å². The van der Waals surface area contributed by atoms with Crippen molar-refractivity contribution in [1.29, 1.82) is 0 Å². The highest BCUT2D eigenvalue weighted by atomic mass is 35.5. The predicted octanol–water partition coefficient (Wildman–Crippen LogP) is 4.61. The highest BCUT2D eigenvalue weighted by Crippen LogP contribution is 2.34. The molecule has 0 spiro atoms. The van der Waals surface area contributed by atoms with E-state index in [-0.39, 0.29) is 41.3 Å². The number of carboxylic acids is 1. The Labute approximate surface area is 199 Å². The molecule has 1 aliphatic carbocycles. The third-order valence-corrected chi connectivity index (χ3v) is 7.45. The molecule has 1 unspecified atom stereocenters. The second-order valence-electron chi connectivity index (χ2n) is 8.44. The number of halogens is 3. The van der Waals surface area contributed by atoms with Crippen LogP contribution < -0.4 is 5.56 Å². The molecule has 1 fully saturated rings. The van der Waals surface area contributed by atoms with Crippen molar-refractivity contribution in [3.63, 3.8) is 0 Å². The van der Waals surface area contributed by atoms with Gasteiger partial charge in [-0.15, -0.1) is 0 Å². The summed E-state index contributed by atoms with van der Waals surface area (Å²) < 4.78 is 1.50. The molecule has 1 aromatic heterocycles. The van der Waals surface area contributed by atoms with Gasteiger partial charge in [-0.25, -0.2) is 4.98 Å². The van der Waals surface area contributed by atoms with E-state index in [0.29, 0.717) is 59.0 Å². The van der Waals surface area contributed by atoms with Crippen LogP contribution >= 0.6 is 34.8 Å². The van der Waals surface area contributed by atoms with Gasteiger partial charge in [0.15, 0.2) is 0 Å². The van der Waals surface area contributed by atoms with Crippen molar-refractivity contribution < 1.29 is 14.7 Å². The summed E-state index contributed by atoms with van der Waals surface area (Å²) in [6.45, 7) is 2.05. The Kier molecular flexibility index (Phi) is 6.52. The van der Waals surface area contributed by atoms with E-state index in [1.165, 1.54) is 10.6 Å². The second-order valence-corrected chi connectivity index (χ2v) is 9.59. The van der Waals surface area contributed by atoms with Crippen LogP contribution in [0, 0.1) is 5.92 Å². The highest BCUT2D eigenvalue weighted by molar-refractivity contribution is 6.42. The first-order valence-corrected chi connectivity index (χ1v) is 11.6. The van der Waals surface area contributed by atoms with E-state index in [0.717, 1.165) is 0 Å². The Morgan fingerprint density at radius 2 is 1.78 bits per heavy atom. The zero-order chi connectivity index (χ0) is 23.2. The fourth-order valence-corrected chi connectivity index (χ4v) is 5.22. The first-order valence-electron chi connectivity index (χ1n) is 10.5. The van der Waals surface area contributed by atoms with Crippen molar-refractivity contribution in [2.45, 2.75) is 57.7 Å². The molecule has 0 radical (unpaired) electrons. The molecule has 10 heteroatoms. The number of hydrogen-bond donors (Lipinski definition) is 1. The van der Waals surface area contributed by atoms with Gasteiger partial charge in [0.25, 0.3) is 11.5 Å². The fourth-order valence-electron chi connectivity index (χ4n) is 4.61. The number of hydrogen-bond acceptors (Lipinski definition) is 4. The highest BCUT2D eigenvalue weighted by Gasteiger charge is 2.34. The molecule has 1 saturated carbocycles. The lowest BCUT2D eigenvalue weighted by atomic mass is 9.86. The lowest BCUT2D eigenvalue weighted by Gasteiger charge is -2.35. The lowest BCUT2D eigenvalue weighted by molar-refractivity contribution is -0.143. The minimum atomic E-state index is -0.800. The summed E-state index contributed by atoms with van der Waals surface area (Å²) in [6, 6.07) is 4.32. The Balaban J connectivity index is 1.60. The molecule has 0 bridgehead atoms. The van der Waals surface area contributed by atoms with Crippen LogP contribution in [0.2, 0.25) is 15.3 Å². The number of aliphatic carboxylic acids is 1. The van der Waals surface area contributed by atoms with E-state index < -0.39 is 5.97 Å². The molecule has 1 aliphatic heterocycles. The number of nitrogens with zero attached hydrogens (tertiary/aromatic N) is 3. The van der Waals surface area contributed by atoms with Gasteiger partial charge in [0.1, 0.15) is 0 Å². The Morgan fingerprint density at radius 3 is 2.41 bits per heavy atom. The smallest absolute Gasteiger partial charge is 0.306 e. The third-order valence-electron chi connectivity index (χ3n) is 6.44. The Bertz CT molecular complexity index is 1140. The summed E-state index contributed by atoms with van der Waals surface area (Å²) in [4.78, 5) is 43.7. The van der Waals surface area contributed by atoms with Crippen LogP contribution in [0.4, 0.5) is 0 Å². The molecule has 4 rings (SSSR count). The summed E-state index contributed by atoms with van der Waals surface area (Å²) >= 11 is 18.4. The van der Waals surface area contributed by atoms with E-state index in [1.807, 2.05) is 6.92 Å².